The first-order valence-electron chi connectivity index (χ1n) is 15.3. The van der Waals surface area contributed by atoms with Crippen LogP contribution in [0, 0.1) is 11.3 Å². The van der Waals surface area contributed by atoms with Crippen LogP contribution in [0.5, 0.6) is 5.75 Å². The summed E-state index contributed by atoms with van der Waals surface area (Å²) in [6.07, 6.45) is -0.306. The third-order valence-corrected chi connectivity index (χ3v) is 9.58. The number of hydrogen-bond acceptors (Lipinski definition) is 6. The van der Waals surface area contributed by atoms with Crippen LogP contribution in [0.3, 0.4) is 0 Å². The molecule has 10 heteroatoms. The Morgan fingerprint density at radius 2 is 1.79 bits per heavy atom. The first-order valence-corrected chi connectivity index (χ1v) is 15.3. The summed E-state index contributed by atoms with van der Waals surface area (Å²) in [6.45, 7) is 8.12. The van der Waals surface area contributed by atoms with Crippen LogP contribution in [0.4, 0.5) is 13.2 Å². The quantitative estimate of drug-likeness (QED) is 0.388. The van der Waals surface area contributed by atoms with Crippen molar-refractivity contribution in [2.75, 3.05) is 19.8 Å². The molecular weight excluding hydrogens is 559 g/mol. The van der Waals surface area contributed by atoms with E-state index in [-0.39, 0.29) is 49.8 Å². The fourth-order valence-electron chi connectivity index (χ4n) is 6.90. The predicted molar refractivity (Wildman–Crippen MR) is 156 cm³/mol. The Bertz CT molecular complexity index is 1280. The van der Waals surface area contributed by atoms with Crippen molar-refractivity contribution in [2.45, 2.75) is 90.3 Å². The fraction of sp³-hybridized carbons (Fsp3) is 0.576. The van der Waals surface area contributed by atoms with E-state index in [4.69, 9.17) is 9.47 Å². The van der Waals surface area contributed by atoms with Crippen molar-refractivity contribution < 1.29 is 32.2 Å². The van der Waals surface area contributed by atoms with Crippen molar-refractivity contribution >= 4 is 11.9 Å². The molecular formula is C33H42F3N3O4. The van der Waals surface area contributed by atoms with Gasteiger partial charge in [-0.05, 0) is 81.8 Å². The lowest BCUT2D eigenvalue weighted by molar-refractivity contribution is -0.150. The number of amides is 1. The molecule has 1 aliphatic carbocycles. The van der Waals surface area contributed by atoms with Crippen LogP contribution in [-0.2, 0) is 33.7 Å². The van der Waals surface area contributed by atoms with E-state index < -0.39 is 23.2 Å². The third kappa shape index (κ3) is 7.01. The zero-order valence-electron chi connectivity index (χ0n) is 25.2. The number of likely N-dealkylation sites (tertiary alicyclic amines) is 1. The van der Waals surface area contributed by atoms with Gasteiger partial charge in [0.05, 0.1) is 17.5 Å². The number of alkyl halides is 3. The Morgan fingerprint density at radius 1 is 1.07 bits per heavy atom. The minimum absolute atomic E-state index is 0.0348. The smallest absolute Gasteiger partial charge is 0.416 e. The van der Waals surface area contributed by atoms with E-state index in [2.05, 4.69) is 24.1 Å². The number of ether oxygens (including phenoxy) is 2. The molecule has 2 aliphatic heterocycles. The largest absolute Gasteiger partial charge is 0.473 e. The minimum Gasteiger partial charge on any atom is -0.473 e. The molecule has 5 rings (SSSR count). The number of piperidine rings is 1. The second kappa shape index (κ2) is 12.9. The molecule has 2 fully saturated rings. The van der Waals surface area contributed by atoms with Gasteiger partial charge in [0, 0.05) is 17.6 Å². The molecule has 0 bridgehead atoms. The van der Waals surface area contributed by atoms with Gasteiger partial charge in [-0.1, -0.05) is 44.2 Å². The highest BCUT2D eigenvalue weighted by Crippen LogP contribution is 2.48. The number of carbonyl (C=O) groups excluding carboxylic acids is 2. The van der Waals surface area contributed by atoms with E-state index in [9.17, 15) is 22.8 Å². The van der Waals surface area contributed by atoms with Gasteiger partial charge >= 0.3 is 12.1 Å². The molecule has 2 aromatic rings. The number of nitrogens with one attached hydrogen (secondary N) is 1. The molecule has 3 aliphatic rings. The van der Waals surface area contributed by atoms with Gasteiger partial charge in [0.15, 0.2) is 6.73 Å². The van der Waals surface area contributed by atoms with Crippen molar-refractivity contribution in [2.24, 2.45) is 11.3 Å². The summed E-state index contributed by atoms with van der Waals surface area (Å²) >= 11 is 0. The van der Waals surface area contributed by atoms with Gasteiger partial charge in [0.25, 0.3) is 0 Å². The highest BCUT2D eigenvalue weighted by Gasteiger charge is 2.51. The Kier molecular flexibility index (Phi) is 9.37. The first kappa shape index (κ1) is 31.3. The van der Waals surface area contributed by atoms with Crippen LogP contribution in [0.1, 0.15) is 69.6 Å². The maximum absolute atomic E-state index is 14.0. The van der Waals surface area contributed by atoms with Crippen LogP contribution in [0.25, 0.3) is 0 Å². The normalized spacial score (nSPS) is 24.0. The van der Waals surface area contributed by atoms with Crippen LogP contribution >= 0.6 is 0 Å². The number of benzene rings is 2. The second-order valence-corrected chi connectivity index (χ2v) is 12.6. The average molecular weight is 602 g/mol. The highest BCUT2D eigenvalue weighted by atomic mass is 19.4. The molecule has 1 N–H and O–H groups in total. The number of fused-ring (bicyclic) bond motifs is 1. The van der Waals surface area contributed by atoms with E-state index in [1.807, 2.05) is 37.3 Å². The molecule has 1 saturated carbocycles. The van der Waals surface area contributed by atoms with Crippen molar-refractivity contribution in [1.29, 1.82) is 0 Å². The van der Waals surface area contributed by atoms with E-state index in [1.54, 1.807) is 4.90 Å². The molecule has 1 saturated heterocycles. The Balaban J connectivity index is 1.14. The molecule has 3 atom stereocenters. The van der Waals surface area contributed by atoms with E-state index >= 15 is 0 Å². The monoisotopic (exact) mass is 601 g/mol. The minimum atomic E-state index is -4.45. The maximum Gasteiger partial charge on any atom is 0.416 e. The van der Waals surface area contributed by atoms with Gasteiger partial charge in [-0.2, -0.15) is 13.2 Å². The topological polar surface area (TPSA) is 71.1 Å². The summed E-state index contributed by atoms with van der Waals surface area (Å²) in [6, 6.07) is 13.1. The van der Waals surface area contributed by atoms with Crippen LogP contribution < -0.4 is 10.1 Å². The summed E-state index contributed by atoms with van der Waals surface area (Å²) in [5, 5.41) is 3.44. The lowest BCUT2D eigenvalue weighted by Crippen LogP contribution is -2.51. The summed E-state index contributed by atoms with van der Waals surface area (Å²) in [4.78, 5) is 30.6. The SMILES string of the molecule is CC(C)C1(C(=O)N2COc3ccc(C(F)(F)F)cc3C2)CCC(N2CCC(N[C@H](C)C(=O)OCc3ccccc3)CC2)C1. The van der Waals surface area contributed by atoms with Gasteiger partial charge < -0.3 is 24.6 Å². The molecule has 0 radical (unpaired) electrons. The Labute approximate surface area is 251 Å². The van der Waals surface area contributed by atoms with Gasteiger partial charge in [-0.3, -0.25) is 9.59 Å². The molecule has 0 aromatic heterocycles. The number of esters is 1. The summed E-state index contributed by atoms with van der Waals surface area (Å²) in [5.41, 5.74) is 0.0204. The predicted octanol–water partition coefficient (Wildman–Crippen LogP) is 5.76. The standard InChI is InChI=1S/C33H42F3N3O4/c1-22(2)32(31(41)39-19-25-17-26(33(34,35)36)9-10-29(25)43-21-39)14-11-28(18-32)38-15-12-27(13-16-38)37-23(3)30(40)42-20-24-7-5-4-6-8-24/h4-10,17,22-23,27-28,37H,11-16,18-21H2,1-3H3/t23-,28?,32?/m1/s1. The molecule has 2 aromatic carbocycles. The van der Waals surface area contributed by atoms with Crippen molar-refractivity contribution in [3.8, 4) is 5.75 Å². The number of halogens is 3. The molecule has 0 spiro atoms. The summed E-state index contributed by atoms with van der Waals surface area (Å²) in [7, 11) is 0. The van der Waals surface area contributed by atoms with Crippen LogP contribution in [0.15, 0.2) is 48.5 Å². The van der Waals surface area contributed by atoms with E-state index in [0.29, 0.717) is 11.3 Å². The van der Waals surface area contributed by atoms with Gasteiger partial charge in [-0.15, -0.1) is 0 Å². The number of rotatable bonds is 8. The zero-order valence-corrected chi connectivity index (χ0v) is 25.2. The lowest BCUT2D eigenvalue weighted by atomic mass is 9.74. The highest BCUT2D eigenvalue weighted by molar-refractivity contribution is 5.83. The number of carbonyl (C=O) groups is 2. The Morgan fingerprint density at radius 3 is 2.47 bits per heavy atom. The van der Waals surface area contributed by atoms with Crippen molar-refractivity contribution in [1.82, 2.24) is 15.1 Å². The first-order chi connectivity index (χ1) is 20.5. The summed E-state index contributed by atoms with van der Waals surface area (Å²) in [5.74, 6) is 0.179. The van der Waals surface area contributed by atoms with Crippen molar-refractivity contribution in [3.05, 3.63) is 65.2 Å². The van der Waals surface area contributed by atoms with Crippen LogP contribution in [0.2, 0.25) is 0 Å². The Hall–Kier alpha value is -3.11. The van der Waals surface area contributed by atoms with Gasteiger partial charge in [0.2, 0.25) is 5.91 Å². The van der Waals surface area contributed by atoms with E-state index in [1.165, 1.54) is 6.07 Å². The lowest BCUT2D eigenvalue weighted by Gasteiger charge is -2.41. The molecule has 7 nitrogen and oxygen atoms in total. The van der Waals surface area contributed by atoms with Crippen LogP contribution in [-0.4, -0.2) is 59.6 Å². The molecule has 43 heavy (non-hydrogen) atoms. The molecule has 2 unspecified atom stereocenters. The average Bonchev–Trinajstić information content (AvgIpc) is 3.46. The van der Waals surface area contributed by atoms with Gasteiger partial charge in [-0.25, -0.2) is 0 Å². The van der Waals surface area contributed by atoms with Gasteiger partial charge in [0.1, 0.15) is 18.4 Å². The second-order valence-electron chi connectivity index (χ2n) is 12.6. The molecule has 234 valence electrons. The molecule has 2 heterocycles. The number of nitrogens with zero attached hydrogens (tertiary/aromatic N) is 2. The molecule has 1 amide bonds. The number of hydrogen-bond donors (Lipinski definition) is 1. The summed E-state index contributed by atoms with van der Waals surface area (Å²) < 4.78 is 51.1. The van der Waals surface area contributed by atoms with E-state index in [0.717, 1.165) is 62.9 Å². The van der Waals surface area contributed by atoms with Crippen molar-refractivity contribution in [3.63, 3.8) is 0 Å². The zero-order chi connectivity index (χ0) is 30.8. The fourth-order valence-corrected chi connectivity index (χ4v) is 6.90. The maximum atomic E-state index is 14.0. The third-order valence-electron chi connectivity index (χ3n) is 9.58.